The van der Waals surface area contributed by atoms with Gasteiger partial charge in [0.2, 0.25) is 0 Å². The zero-order valence-electron chi connectivity index (χ0n) is 7.95. The van der Waals surface area contributed by atoms with E-state index in [2.05, 4.69) is 5.32 Å². The Balaban J connectivity index is 1.93. The average Bonchev–Trinajstić information content (AvgIpc) is 2.63. The summed E-state index contributed by atoms with van der Waals surface area (Å²) in [6.45, 7) is 3.90. The number of hydrogen-bond donors (Lipinski definition) is 1. The number of hydrogen-bond acceptors (Lipinski definition) is 3. The number of likely N-dealkylation sites (tertiary alicyclic amines) is 1. The maximum absolute atomic E-state index is 11.2. The van der Waals surface area contributed by atoms with Gasteiger partial charge in [0.1, 0.15) is 0 Å². The Morgan fingerprint density at radius 2 is 2.23 bits per heavy atom. The molecule has 2 aliphatic heterocycles. The molecule has 2 unspecified atom stereocenters. The molecule has 0 aromatic carbocycles. The second-order valence-corrected chi connectivity index (χ2v) is 3.88. The number of nitrogens with zero attached hydrogens (tertiary/aromatic N) is 1. The van der Waals surface area contributed by atoms with E-state index >= 15 is 0 Å². The van der Waals surface area contributed by atoms with Gasteiger partial charge in [-0.1, -0.05) is 0 Å². The molecule has 2 heterocycles. The molecule has 4 heteroatoms. The minimum atomic E-state index is -0.176. The van der Waals surface area contributed by atoms with E-state index in [1.54, 1.807) is 0 Å². The molecular formula is C9H16N2O2. The predicted octanol–water partition coefficient (Wildman–Crippen LogP) is 0.294. The summed E-state index contributed by atoms with van der Waals surface area (Å²) in [7, 11) is 1.45. The summed E-state index contributed by atoms with van der Waals surface area (Å²) in [5, 5.41) is 3.36. The predicted molar refractivity (Wildman–Crippen MR) is 48.4 cm³/mol. The van der Waals surface area contributed by atoms with Crippen LogP contribution in [0.15, 0.2) is 0 Å². The van der Waals surface area contributed by atoms with Crippen LogP contribution < -0.4 is 5.32 Å². The smallest absolute Gasteiger partial charge is 0.409 e. The van der Waals surface area contributed by atoms with Crippen molar-refractivity contribution in [3.05, 3.63) is 0 Å². The number of fused-ring (bicyclic) bond motifs is 1. The Morgan fingerprint density at radius 3 is 3.00 bits per heavy atom. The number of ether oxygens (including phenoxy) is 1. The van der Waals surface area contributed by atoms with Gasteiger partial charge in [-0.15, -0.1) is 0 Å². The largest absolute Gasteiger partial charge is 0.453 e. The van der Waals surface area contributed by atoms with E-state index in [1.165, 1.54) is 7.11 Å². The first kappa shape index (κ1) is 8.81. The van der Waals surface area contributed by atoms with E-state index in [9.17, 15) is 4.79 Å². The summed E-state index contributed by atoms with van der Waals surface area (Å²) in [6, 6.07) is 0. The minimum absolute atomic E-state index is 0.176. The van der Waals surface area contributed by atoms with Crippen LogP contribution in [0.2, 0.25) is 0 Å². The lowest BCUT2D eigenvalue weighted by atomic mass is 9.89. The van der Waals surface area contributed by atoms with Gasteiger partial charge in [0, 0.05) is 13.1 Å². The molecule has 1 amide bonds. The number of methoxy groups -OCH3 is 1. The molecule has 2 rings (SSSR count). The summed E-state index contributed by atoms with van der Waals surface area (Å²) in [6.07, 6.45) is 0.942. The second-order valence-electron chi connectivity index (χ2n) is 3.88. The summed E-state index contributed by atoms with van der Waals surface area (Å²) in [4.78, 5) is 13.1. The Hall–Kier alpha value is -0.770. The van der Waals surface area contributed by atoms with Crippen LogP contribution in [0.3, 0.4) is 0 Å². The third-order valence-electron chi connectivity index (χ3n) is 3.14. The summed E-state index contributed by atoms with van der Waals surface area (Å²) in [5.41, 5.74) is 0. The number of carbonyl (C=O) groups excluding carboxylic acids is 1. The van der Waals surface area contributed by atoms with E-state index in [0.717, 1.165) is 38.5 Å². The lowest BCUT2D eigenvalue weighted by Crippen LogP contribution is -2.43. The van der Waals surface area contributed by atoms with Crippen molar-refractivity contribution in [3.8, 4) is 0 Å². The first-order chi connectivity index (χ1) is 6.31. The van der Waals surface area contributed by atoms with Gasteiger partial charge in [-0.3, -0.25) is 0 Å². The van der Waals surface area contributed by atoms with Crippen LogP contribution >= 0.6 is 0 Å². The number of amides is 1. The maximum Gasteiger partial charge on any atom is 0.409 e. The van der Waals surface area contributed by atoms with E-state index in [-0.39, 0.29) is 6.09 Å². The van der Waals surface area contributed by atoms with Crippen LogP contribution in [0.4, 0.5) is 4.79 Å². The van der Waals surface area contributed by atoms with Gasteiger partial charge in [-0.2, -0.15) is 0 Å². The topological polar surface area (TPSA) is 41.6 Å². The van der Waals surface area contributed by atoms with Crippen molar-refractivity contribution < 1.29 is 9.53 Å². The number of carbonyl (C=O) groups is 1. The molecule has 0 aromatic rings. The highest BCUT2D eigenvalue weighted by atomic mass is 16.5. The van der Waals surface area contributed by atoms with Gasteiger partial charge in [0.15, 0.2) is 0 Å². The van der Waals surface area contributed by atoms with Gasteiger partial charge < -0.3 is 15.0 Å². The Kier molecular flexibility index (Phi) is 2.40. The molecule has 1 N–H and O–H groups in total. The second kappa shape index (κ2) is 3.54. The van der Waals surface area contributed by atoms with Crippen molar-refractivity contribution in [2.75, 3.05) is 33.3 Å². The standard InChI is InChI=1S/C9H16N2O2/c1-13-9(12)11-3-2-7-4-10-5-8(7)6-11/h7-8,10H,2-6H2,1H3. The van der Waals surface area contributed by atoms with Crippen molar-refractivity contribution in [1.82, 2.24) is 10.2 Å². The molecule has 2 fully saturated rings. The fourth-order valence-corrected chi connectivity index (χ4v) is 2.33. The van der Waals surface area contributed by atoms with Crippen LogP contribution in [0.5, 0.6) is 0 Å². The van der Waals surface area contributed by atoms with E-state index in [4.69, 9.17) is 4.74 Å². The SMILES string of the molecule is COC(=O)N1CCC2CNCC2C1. The zero-order valence-corrected chi connectivity index (χ0v) is 7.95. The van der Waals surface area contributed by atoms with Crippen molar-refractivity contribution >= 4 is 6.09 Å². The highest BCUT2D eigenvalue weighted by Crippen LogP contribution is 2.26. The third kappa shape index (κ3) is 1.63. The summed E-state index contributed by atoms with van der Waals surface area (Å²) in [5.74, 6) is 1.42. The third-order valence-corrected chi connectivity index (χ3v) is 3.14. The molecule has 74 valence electrons. The Bertz CT molecular complexity index is 208. The van der Waals surface area contributed by atoms with Crippen LogP contribution in [-0.2, 0) is 4.74 Å². The molecule has 2 saturated heterocycles. The fourth-order valence-electron chi connectivity index (χ4n) is 2.33. The average molecular weight is 184 g/mol. The van der Waals surface area contributed by atoms with Crippen molar-refractivity contribution in [2.45, 2.75) is 6.42 Å². The van der Waals surface area contributed by atoms with Crippen LogP contribution in [0, 0.1) is 11.8 Å². The highest BCUT2D eigenvalue weighted by Gasteiger charge is 2.34. The molecule has 0 saturated carbocycles. The number of nitrogens with one attached hydrogen (secondary N) is 1. The summed E-state index contributed by atoms with van der Waals surface area (Å²) < 4.78 is 4.70. The van der Waals surface area contributed by atoms with Crippen LogP contribution in [0.1, 0.15) is 6.42 Å². The van der Waals surface area contributed by atoms with Crippen molar-refractivity contribution in [2.24, 2.45) is 11.8 Å². The van der Waals surface area contributed by atoms with E-state index in [1.807, 2.05) is 4.90 Å². The lowest BCUT2D eigenvalue weighted by Gasteiger charge is -2.33. The van der Waals surface area contributed by atoms with E-state index < -0.39 is 0 Å². The molecule has 0 radical (unpaired) electrons. The quantitative estimate of drug-likeness (QED) is 0.588. The molecule has 2 aliphatic rings. The van der Waals surface area contributed by atoms with Gasteiger partial charge >= 0.3 is 6.09 Å². The molecule has 0 aliphatic carbocycles. The molecule has 0 aromatic heterocycles. The minimum Gasteiger partial charge on any atom is -0.453 e. The van der Waals surface area contributed by atoms with Gasteiger partial charge in [-0.05, 0) is 31.3 Å². The molecule has 4 nitrogen and oxygen atoms in total. The summed E-state index contributed by atoms with van der Waals surface area (Å²) >= 11 is 0. The van der Waals surface area contributed by atoms with Gasteiger partial charge in [0.25, 0.3) is 0 Å². The van der Waals surface area contributed by atoms with Crippen LogP contribution in [-0.4, -0.2) is 44.3 Å². The number of rotatable bonds is 0. The lowest BCUT2D eigenvalue weighted by molar-refractivity contribution is 0.0941. The maximum atomic E-state index is 11.2. The Labute approximate surface area is 78.2 Å². The molecule has 2 atom stereocenters. The van der Waals surface area contributed by atoms with Crippen molar-refractivity contribution in [3.63, 3.8) is 0 Å². The highest BCUT2D eigenvalue weighted by molar-refractivity contribution is 5.67. The fraction of sp³-hybridized carbons (Fsp3) is 0.889. The first-order valence-electron chi connectivity index (χ1n) is 4.85. The van der Waals surface area contributed by atoms with E-state index in [0.29, 0.717) is 5.92 Å². The Morgan fingerprint density at radius 1 is 1.46 bits per heavy atom. The molecule has 0 spiro atoms. The van der Waals surface area contributed by atoms with Gasteiger partial charge in [-0.25, -0.2) is 4.79 Å². The monoisotopic (exact) mass is 184 g/mol. The van der Waals surface area contributed by atoms with Crippen molar-refractivity contribution in [1.29, 1.82) is 0 Å². The first-order valence-corrected chi connectivity index (χ1v) is 4.85. The zero-order chi connectivity index (χ0) is 9.26. The van der Waals surface area contributed by atoms with Gasteiger partial charge in [0.05, 0.1) is 7.11 Å². The normalized spacial score (nSPS) is 32.8. The molecule has 13 heavy (non-hydrogen) atoms. The number of piperidine rings is 1. The molecular weight excluding hydrogens is 168 g/mol. The molecule has 0 bridgehead atoms. The van der Waals surface area contributed by atoms with Crippen LogP contribution in [0.25, 0.3) is 0 Å².